The lowest BCUT2D eigenvalue weighted by Crippen LogP contribution is -2.01. The zero-order valence-electron chi connectivity index (χ0n) is 10.8. The number of hydrogen-bond donors (Lipinski definition) is 1. The summed E-state index contributed by atoms with van der Waals surface area (Å²) < 4.78 is 0. The van der Waals surface area contributed by atoms with Crippen molar-refractivity contribution in [1.82, 2.24) is 0 Å². The summed E-state index contributed by atoms with van der Waals surface area (Å²) in [5, 5.41) is 3.49. The van der Waals surface area contributed by atoms with E-state index in [2.05, 4.69) is 36.5 Å². The van der Waals surface area contributed by atoms with E-state index in [1.165, 1.54) is 36.9 Å². The maximum absolute atomic E-state index is 5.71. The van der Waals surface area contributed by atoms with Gasteiger partial charge in [-0.15, -0.1) is 11.6 Å². The Morgan fingerprint density at radius 3 is 2.76 bits per heavy atom. The second-order valence-corrected chi connectivity index (χ2v) is 4.86. The first-order valence-electron chi connectivity index (χ1n) is 6.75. The van der Waals surface area contributed by atoms with E-state index in [-0.39, 0.29) is 0 Å². The third-order valence-corrected chi connectivity index (χ3v) is 3.15. The van der Waals surface area contributed by atoms with Crippen LogP contribution < -0.4 is 5.32 Å². The van der Waals surface area contributed by atoms with Crippen LogP contribution in [-0.4, -0.2) is 12.4 Å². The zero-order chi connectivity index (χ0) is 12.3. The number of hydrogen-bond acceptors (Lipinski definition) is 1. The standard InChI is InChI=1S/C15H24ClN/c1-2-3-4-5-12-17-15-10-6-8-14(13-15)9-7-11-16/h6,8,10,13,17H,2-5,7,9,11-12H2,1H3. The van der Waals surface area contributed by atoms with Gasteiger partial charge in [0.25, 0.3) is 0 Å². The van der Waals surface area contributed by atoms with Crippen LogP contribution in [0.3, 0.4) is 0 Å². The molecule has 0 atom stereocenters. The minimum absolute atomic E-state index is 0.745. The first-order valence-corrected chi connectivity index (χ1v) is 7.29. The van der Waals surface area contributed by atoms with Crippen LogP contribution in [0.4, 0.5) is 5.69 Å². The summed E-state index contributed by atoms with van der Waals surface area (Å²) in [5.41, 5.74) is 2.62. The molecule has 0 spiro atoms. The van der Waals surface area contributed by atoms with E-state index in [0.717, 1.165) is 25.3 Å². The van der Waals surface area contributed by atoms with Crippen molar-refractivity contribution in [2.75, 3.05) is 17.7 Å². The molecule has 1 rings (SSSR count). The molecule has 0 saturated carbocycles. The van der Waals surface area contributed by atoms with E-state index >= 15 is 0 Å². The number of rotatable bonds is 9. The summed E-state index contributed by atoms with van der Waals surface area (Å²) in [7, 11) is 0. The number of aryl methyl sites for hydroxylation is 1. The predicted octanol–water partition coefficient (Wildman–Crippen LogP) is 4.85. The van der Waals surface area contributed by atoms with Crippen molar-refractivity contribution in [3.05, 3.63) is 29.8 Å². The fourth-order valence-electron chi connectivity index (χ4n) is 1.89. The van der Waals surface area contributed by atoms with Gasteiger partial charge in [-0.1, -0.05) is 38.3 Å². The molecule has 1 N–H and O–H groups in total. The molecule has 96 valence electrons. The molecule has 0 aromatic heterocycles. The minimum Gasteiger partial charge on any atom is -0.385 e. The Balaban J connectivity index is 2.27. The van der Waals surface area contributed by atoms with Crippen LogP contribution in [0.1, 0.15) is 44.6 Å². The lowest BCUT2D eigenvalue weighted by molar-refractivity contribution is 0.685. The highest BCUT2D eigenvalue weighted by molar-refractivity contribution is 6.17. The molecule has 0 bridgehead atoms. The van der Waals surface area contributed by atoms with E-state index in [4.69, 9.17) is 11.6 Å². The smallest absolute Gasteiger partial charge is 0.0342 e. The Bertz CT molecular complexity index is 299. The van der Waals surface area contributed by atoms with Gasteiger partial charge in [-0.2, -0.15) is 0 Å². The molecule has 0 heterocycles. The Hall–Kier alpha value is -0.690. The molecule has 0 saturated heterocycles. The normalized spacial score (nSPS) is 10.5. The van der Waals surface area contributed by atoms with Crippen LogP contribution >= 0.6 is 11.6 Å². The summed E-state index contributed by atoms with van der Waals surface area (Å²) in [5.74, 6) is 0.745. The molecular weight excluding hydrogens is 230 g/mol. The van der Waals surface area contributed by atoms with Gasteiger partial charge in [-0.3, -0.25) is 0 Å². The van der Waals surface area contributed by atoms with Gasteiger partial charge >= 0.3 is 0 Å². The highest BCUT2D eigenvalue weighted by Gasteiger charge is 1.96. The van der Waals surface area contributed by atoms with Crippen LogP contribution in [0, 0.1) is 0 Å². The monoisotopic (exact) mass is 253 g/mol. The van der Waals surface area contributed by atoms with Crippen LogP contribution in [0.5, 0.6) is 0 Å². The molecule has 17 heavy (non-hydrogen) atoms. The van der Waals surface area contributed by atoms with Gasteiger partial charge in [-0.25, -0.2) is 0 Å². The van der Waals surface area contributed by atoms with Crippen molar-refractivity contribution in [3.63, 3.8) is 0 Å². The lowest BCUT2D eigenvalue weighted by atomic mass is 10.1. The predicted molar refractivity (Wildman–Crippen MR) is 78.1 cm³/mol. The quantitative estimate of drug-likeness (QED) is 0.490. The summed E-state index contributed by atoms with van der Waals surface area (Å²) >= 11 is 5.71. The number of alkyl halides is 1. The average Bonchev–Trinajstić information content (AvgIpc) is 2.37. The van der Waals surface area contributed by atoms with Gasteiger partial charge in [-0.05, 0) is 37.0 Å². The second kappa shape index (κ2) is 9.35. The summed E-state index contributed by atoms with van der Waals surface area (Å²) in [6, 6.07) is 8.68. The van der Waals surface area contributed by atoms with E-state index in [1.807, 2.05) is 0 Å². The molecular formula is C15H24ClN. The first-order chi connectivity index (χ1) is 8.36. The third kappa shape index (κ3) is 6.58. The molecule has 1 aromatic carbocycles. The van der Waals surface area contributed by atoms with Crippen molar-refractivity contribution in [3.8, 4) is 0 Å². The molecule has 0 radical (unpaired) electrons. The van der Waals surface area contributed by atoms with Crippen molar-refractivity contribution >= 4 is 17.3 Å². The Morgan fingerprint density at radius 2 is 2.00 bits per heavy atom. The van der Waals surface area contributed by atoms with Crippen LogP contribution in [-0.2, 0) is 6.42 Å². The molecule has 1 nitrogen and oxygen atoms in total. The van der Waals surface area contributed by atoms with Gasteiger partial charge < -0.3 is 5.32 Å². The average molecular weight is 254 g/mol. The van der Waals surface area contributed by atoms with Crippen molar-refractivity contribution in [2.45, 2.75) is 45.4 Å². The minimum atomic E-state index is 0.745. The molecule has 0 aliphatic carbocycles. The molecule has 2 heteroatoms. The summed E-state index contributed by atoms with van der Waals surface area (Å²) in [6.45, 7) is 3.33. The molecule has 0 aliphatic rings. The van der Waals surface area contributed by atoms with E-state index in [0.29, 0.717) is 0 Å². The fourth-order valence-corrected chi connectivity index (χ4v) is 2.03. The van der Waals surface area contributed by atoms with Crippen LogP contribution in [0.15, 0.2) is 24.3 Å². The lowest BCUT2D eigenvalue weighted by Gasteiger charge is -2.08. The Morgan fingerprint density at radius 1 is 1.12 bits per heavy atom. The first kappa shape index (κ1) is 14.4. The van der Waals surface area contributed by atoms with E-state index < -0.39 is 0 Å². The van der Waals surface area contributed by atoms with Gasteiger partial charge in [0.1, 0.15) is 0 Å². The molecule has 0 aliphatic heterocycles. The zero-order valence-corrected chi connectivity index (χ0v) is 11.6. The number of anilines is 1. The third-order valence-electron chi connectivity index (χ3n) is 2.89. The van der Waals surface area contributed by atoms with Gasteiger partial charge in [0, 0.05) is 18.1 Å². The maximum Gasteiger partial charge on any atom is 0.0342 e. The topological polar surface area (TPSA) is 12.0 Å². The Labute approximate surface area is 111 Å². The van der Waals surface area contributed by atoms with Crippen molar-refractivity contribution in [1.29, 1.82) is 0 Å². The number of nitrogens with one attached hydrogen (secondary N) is 1. The fraction of sp³-hybridized carbons (Fsp3) is 0.600. The largest absolute Gasteiger partial charge is 0.385 e. The number of halogens is 1. The molecule has 0 fully saturated rings. The summed E-state index contributed by atoms with van der Waals surface area (Å²) in [6.07, 6.45) is 7.37. The number of unbranched alkanes of at least 4 members (excludes halogenated alkanes) is 3. The van der Waals surface area contributed by atoms with Gasteiger partial charge in [0.2, 0.25) is 0 Å². The van der Waals surface area contributed by atoms with Crippen LogP contribution in [0.25, 0.3) is 0 Å². The number of benzene rings is 1. The SMILES string of the molecule is CCCCCCNc1cccc(CCCCl)c1. The van der Waals surface area contributed by atoms with E-state index in [9.17, 15) is 0 Å². The summed E-state index contributed by atoms with van der Waals surface area (Å²) in [4.78, 5) is 0. The van der Waals surface area contributed by atoms with Gasteiger partial charge in [0.15, 0.2) is 0 Å². The Kier molecular flexibility index (Phi) is 7.91. The van der Waals surface area contributed by atoms with Crippen molar-refractivity contribution < 1.29 is 0 Å². The maximum atomic E-state index is 5.71. The van der Waals surface area contributed by atoms with Crippen LogP contribution in [0.2, 0.25) is 0 Å². The van der Waals surface area contributed by atoms with Gasteiger partial charge in [0.05, 0.1) is 0 Å². The second-order valence-electron chi connectivity index (χ2n) is 4.48. The molecule has 0 unspecified atom stereocenters. The van der Waals surface area contributed by atoms with Crippen molar-refractivity contribution in [2.24, 2.45) is 0 Å². The highest BCUT2D eigenvalue weighted by Crippen LogP contribution is 2.13. The van der Waals surface area contributed by atoms with E-state index in [1.54, 1.807) is 0 Å². The molecule has 0 amide bonds. The molecule has 1 aromatic rings. The highest BCUT2D eigenvalue weighted by atomic mass is 35.5.